The van der Waals surface area contributed by atoms with Crippen molar-refractivity contribution in [1.29, 1.82) is 0 Å². The standard InChI is InChI=1S/C11H17N3O6/c1-11(2)19-7-6(5(13-14-12)9(15)16-3)18-10(17-4)8(7)20-11/h5-8,10H,1-4H3/t5-,6+,7+,8+,10+/m0/s1. The van der Waals surface area contributed by atoms with Crippen molar-refractivity contribution in [3.05, 3.63) is 10.4 Å². The first-order chi connectivity index (χ1) is 9.43. The van der Waals surface area contributed by atoms with E-state index < -0.39 is 42.4 Å². The van der Waals surface area contributed by atoms with Crippen LogP contribution in [0.4, 0.5) is 0 Å². The first-order valence-corrected chi connectivity index (χ1v) is 6.09. The molecule has 0 aliphatic carbocycles. The first kappa shape index (κ1) is 15.0. The summed E-state index contributed by atoms with van der Waals surface area (Å²) in [5.74, 6) is -1.53. The first-order valence-electron chi connectivity index (χ1n) is 6.09. The smallest absolute Gasteiger partial charge is 0.317 e. The second-order valence-corrected chi connectivity index (χ2v) is 4.94. The van der Waals surface area contributed by atoms with E-state index >= 15 is 0 Å². The number of azide groups is 1. The van der Waals surface area contributed by atoms with Crippen LogP contribution in [0.2, 0.25) is 0 Å². The minimum Gasteiger partial charge on any atom is -0.469 e. The van der Waals surface area contributed by atoms with Crippen LogP contribution in [0, 0.1) is 0 Å². The van der Waals surface area contributed by atoms with Crippen molar-refractivity contribution >= 4 is 5.97 Å². The summed E-state index contributed by atoms with van der Waals surface area (Å²) in [4.78, 5) is 14.4. The number of ether oxygens (including phenoxy) is 5. The van der Waals surface area contributed by atoms with E-state index in [1.54, 1.807) is 13.8 Å². The molecule has 2 heterocycles. The van der Waals surface area contributed by atoms with Crippen molar-refractivity contribution < 1.29 is 28.5 Å². The van der Waals surface area contributed by atoms with E-state index in [4.69, 9.17) is 24.5 Å². The van der Waals surface area contributed by atoms with Crippen LogP contribution < -0.4 is 0 Å². The molecule has 20 heavy (non-hydrogen) atoms. The quantitative estimate of drug-likeness (QED) is 0.326. The van der Waals surface area contributed by atoms with E-state index in [2.05, 4.69) is 14.8 Å². The van der Waals surface area contributed by atoms with Gasteiger partial charge in [0.05, 0.1) is 7.11 Å². The van der Waals surface area contributed by atoms with E-state index in [1.165, 1.54) is 14.2 Å². The molecule has 5 atom stereocenters. The molecule has 0 radical (unpaired) electrons. The summed E-state index contributed by atoms with van der Waals surface area (Å²) in [6.07, 6.45) is -2.60. The minimum absolute atomic E-state index is 0.499. The second kappa shape index (κ2) is 5.55. The Hall–Kier alpha value is -1.38. The summed E-state index contributed by atoms with van der Waals surface area (Å²) in [7, 11) is 2.66. The molecule has 0 spiro atoms. The van der Waals surface area contributed by atoms with Gasteiger partial charge in [-0.1, -0.05) is 5.11 Å². The number of carbonyl (C=O) groups is 1. The van der Waals surface area contributed by atoms with Gasteiger partial charge in [-0.25, -0.2) is 0 Å². The fraction of sp³-hybridized carbons (Fsp3) is 0.909. The van der Waals surface area contributed by atoms with Gasteiger partial charge < -0.3 is 23.7 Å². The lowest BCUT2D eigenvalue weighted by Crippen LogP contribution is -2.42. The summed E-state index contributed by atoms with van der Waals surface area (Å²) < 4.78 is 26.8. The summed E-state index contributed by atoms with van der Waals surface area (Å²) >= 11 is 0. The Labute approximate surface area is 115 Å². The Balaban J connectivity index is 2.27. The molecule has 0 aromatic carbocycles. The predicted molar refractivity (Wildman–Crippen MR) is 64.4 cm³/mol. The van der Waals surface area contributed by atoms with Gasteiger partial charge in [-0.15, -0.1) is 0 Å². The third-order valence-electron chi connectivity index (χ3n) is 3.21. The van der Waals surface area contributed by atoms with Gasteiger partial charge in [-0.05, 0) is 19.4 Å². The molecule has 0 saturated carbocycles. The Bertz CT molecular complexity index is 436. The highest BCUT2D eigenvalue weighted by molar-refractivity contribution is 5.76. The monoisotopic (exact) mass is 287 g/mol. The van der Waals surface area contributed by atoms with Gasteiger partial charge in [-0.2, -0.15) is 0 Å². The molecule has 0 unspecified atom stereocenters. The number of methoxy groups -OCH3 is 2. The fourth-order valence-corrected chi connectivity index (χ4v) is 2.46. The number of nitrogens with zero attached hydrogens (tertiary/aromatic N) is 3. The lowest BCUT2D eigenvalue weighted by Gasteiger charge is -2.25. The number of hydrogen-bond acceptors (Lipinski definition) is 7. The summed E-state index contributed by atoms with van der Waals surface area (Å²) in [6, 6.07) is -1.16. The maximum absolute atomic E-state index is 11.7. The molecule has 0 aromatic heterocycles. The fourth-order valence-electron chi connectivity index (χ4n) is 2.46. The van der Waals surface area contributed by atoms with Crippen LogP contribution in [-0.4, -0.2) is 56.6 Å². The highest BCUT2D eigenvalue weighted by Gasteiger charge is 2.58. The van der Waals surface area contributed by atoms with Crippen molar-refractivity contribution in [2.75, 3.05) is 14.2 Å². The van der Waals surface area contributed by atoms with Gasteiger partial charge in [0, 0.05) is 12.0 Å². The average molecular weight is 287 g/mol. The molecule has 2 fully saturated rings. The number of esters is 1. The van der Waals surface area contributed by atoms with Gasteiger partial charge in [-0.3, -0.25) is 4.79 Å². The second-order valence-electron chi connectivity index (χ2n) is 4.94. The molecule has 0 aromatic rings. The molecule has 0 N–H and O–H groups in total. The normalized spacial score (nSPS) is 36.0. The van der Waals surface area contributed by atoms with Crippen LogP contribution in [-0.2, 0) is 28.5 Å². The lowest BCUT2D eigenvalue weighted by atomic mass is 10.0. The molecule has 2 aliphatic rings. The molecule has 0 bridgehead atoms. The number of hydrogen-bond donors (Lipinski definition) is 0. The van der Waals surface area contributed by atoms with Crippen LogP contribution >= 0.6 is 0 Å². The summed E-state index contributed by atoms with van der Waals surface area (Å²) in [5.41, 5.74) is 8.60. The van der Waals surface area contributed by atoms with E-state index in [-0.39, 0.29) is 0 Å². The maximum Gasteiger partial charge on any atom is 0.317 e. The molecule has 9 heteroatoms. The topological polar surface area (TPSA) is 112 Å². The molecule has 2 rings (SSSR count). The summed E-state index contributed by atoms with van der Waals surface area (Å²) in [5, 5.41) is 3.44. The van der Waals surface area contributed by atoms with E-state index in [0.717, 1.165) is 0 Å². The third-order valence-corrected chi connectivity index (χ3v) is 3.21. The highest BCUT2D eigenvalue weighted by Crippen LogP contribution is 2.40. The predicted octanol–water partition coefficient (Wildman–Crippen LogP) is 0.730. The molecule has 2 saturated heterocycles. The number of fused-ring (bicyclic) bond motifs is 1. The van der Waals surface area contributed by atoms with Crippen molar-refractivity contribution in [3.8, 4) is 0 Å². The van der Waals surface area contributed by atoms with Crippen LogP contribution in [0.25, 0.3) is 10.4 Å². The van der Waals surface area contributed by atoms with E-state index in [1.807, 2.05) is 0 Å². The van der Waals surface area contributed by atoms with Crippen LogP contribution in [0.3, 0.4) is 0 Å². The van der Waals surface area contributed by atoms with Gasteiger partial charge in [0.1, 0.15) is 18.3 Å². The Morgan fingerprint density at radius 3 is 2.55 bits per heavy atom. The van der Waals surface area contributed by atoms with Gasteiger partial charge in [0.2, 0.25) is 0 Å². The largest absolute Gasteiger partial charge is 0.469 e. The van der Waals surface area contributed by atoms with Gasteiger partial charge in [0.25, 0.3) is 0 Å². The Morgan fingerprint density at radius 1 is 1.35 bits per heavy atom. The molecule has 2 aliphatic heterocycles. The molecule has 112 valence electrons. The minimum atomic E-state index is -1.16. The third kappa shape index (κ3) is 2.58. The van der Waals surface area contributed by atoms with Gasteiger partial charge >= 0.3 is 5.97 Å². The Kier molecular flexibility index (Phi) is 4.17. The molecule has 0 amide bonds. The lowest BCUT2D eigenvalue weighted by molar-refractivity contribution is -0.229. The SMILES string of the molecule is COC(=O)[C@@H](N=[N+]=[N-])[C@H]1O[C@@H](OC)[C@@H]2OC(C)(C)O[C@@H]21. The summed E-state index contributed by atoms with van der Waals surface area (Å²) in [6.45, 7) is 3.49. The molecular weight excluding hydrogens is 270 g/mol. The van der Waals surface area contributed by atoms with Crippen LogP contribution in [0.1, 0.15) is 13.8 Å². The molecular formula is C11H17N3O6. The zero-order valence-corrected chi connectivity index (χ0v) is 11.7. The van der Waals surface area contributed by atoms with Crippen molar-refractivity contribution in [2.24, 2.45) is 5.11 Å². The number of rotatable bonds is 4. The highest BCUT2D eigenvalue weighted by atomic mass is 16.8. The zero-order chi connectivity index (χ0) is 14.9. The van der Waals surface area contributed by atoms with Crippen LogP contribution in [0.5, 0.6) is 0 Å². The van der Waals surface area contributed by atoms with Crippen LogP contribution in [0.15, 0.2) is 5.11 Å². The van der Waals surface area contributed by atoms with Gasteiger partial charge in [0.15, 0.2) is 18.1 Å². The van der Waals surface area contributed by atoms with Crippen molar-refractivity contribution in [3.63, 3.8) is 0 Å². The van der Waals surface area contributed by atoms with E-state index in [9.17, 15) is 4.79 Å². The number of carbonyl (C=O) groups excluding carboxylic acids is 1. The maximum atomic E-state index is 11.7. The van der Waals surface area contributed by atoms with E-state index in [0.29, 0.717) is 0 Å². The zero-order valence-electron chi connectivity index (χ0n) is 11.7. The Morgan fingerprint density at radius 2 is 2.00 bits per heavy atom. The van der Waals surface area contributed by atoms with Crippen molar-refractivity contribution in [1.82, 2.24) is 0 Å². The average Bonchev–Trinajstić information content (AvgIpc) is 2.88. The molecule has 9 nitrogen and oxygen atoms in total. The van der Waals surface area contributed by atoms with Crippen molar-refractivity contribution in [2.45, 2.75) is 50.3 Å².